The standard InChI is InChI=1S/C32H37N7O2/c1-5-30(40)39-16-15-38(20-24(39)19-33-2)31-27-13-14-37(29-12-8-10-22-9-6-7-11-26(22)29)21-28(27)34-32(35-31)41-25-17-23(18-25)36(3)4/h5-12,23-25H,1,13-21H2,3-4H3. The molecular weight excluding hydrogens is 514 g/mol. The van der Waals surface area contributed by atoms with Gasteiger partial charge in [-0.25, -0.2) is 6.57 Å². The zero-order valence-electron chi connectivity index (χ0n) is 23.9. The van der Waals surface area contributed by atoms with E-state index in [1.165, 1.54) is 22.5 Å². The molecule has 2 fully saturated rings. The Labute approximate surface area is 241 Å². The molecule has 2 aromatic carbocycles. The minimum absolute atomic E-state index is 0.1000. The van der Waals surface area contributed by atoms with E-state index in [9.17, 15) is 4.79 Å². The highest BCUT2D eigenvalue weighted by molar-refractivity contribution is 5.94. The summed E-state index contributed by atoms with van der Waals surface area (Å²) in [6.07, 6.45) is 4.16. The molecule has 1 aromatic heterocycles. The normalized spacial score (nSPS) is 22.2. The molecule has 1 unspecified atom stereocenters. The number of aromatic nitrogens is 2. The summed E-state index contributed by atoms with van der Waals surface area (Å²) in [5.74, 6) is 0.755. The number of hydrogen-bond acceptors (Lipinski definition) is 7. The number of amides is 1. The molecule has 1 saturated carbocycles. The Hall–Kier alpha value is -4.16. The molecule has 6 rings (SSSR count). The largest absolute Gasteiger partial charge is 0.460 e. The summed E-state index contributed by atoms with van der Waals surface area (Å²) in [4.78, 5) is 34.8. The first kappa shape index (κ1) is 27.0. The average molecular weight is 552 g/mol. The number of ether oxygens (including phenoxy) is 1. The topological polar surface area (TPSA) is 69.4 Å². The minimum Gasteiger partial charge on any atom is -0.460 e. The van der Waals surface area contributed by atoms with Gasteiger partial charge in [-0.05, 0) is 38.0 Å². The van der Waals surface area contributed by atoms with Gasteiger partial charge in [-0.3, -0.25) is 4.79 Å². The SMILES string of the molecule is [C-]#[N+]CC1CN(c2nc(OC3CC(N(C)C)C3)nc3c2CCN(c2cccc4ccccc24)C3)CCN1C(=O)C=C. The van der Waals surface area contributed by atoms with Gasteiger partial charge in [-0.1, -0.05) is 43.0 Å². The second kappa shape index (κ2) is 11.4. The number of nitrogens with zero attached hydrogens (tertiary/aromatic N) is 7. The fraction of sp³-hybridized carbons (Fsp3) is 0.438. The van der Waals surface area contributed by atoms with Crippen molar-refractivity contribution < 1.29 is 9.53 Å². The molecule has 212 valence electrons. The van der Waals surface area contributed by atoms with Crippen LogP contribution in [0, 0.1) is 6.57 Å². The number of benzene rings is 2. The van der Waals surface area contributed by atoms with Crippen molar-refractivity contribution in [3.63, 3.8) is 0 Å². The number of carbonyl (C=O) groups excluding carboxylic acids is 1. The first-order valence-electron chi connectivity index (χ1n) is 14.4. The highest BCUT2D eigenvalue weighted by Gasteiger charge is 2.36. The summed E-state index contributed by atoms with van der Waals surface area (Å²) in [5, 5.41) is 2.46. The fourth-order valence-electron chi connectivity index (χ4n) is 6.31. The molecular formula is C32H37N7O2. The summed E-state index contributed by atoms with van der Waals surface area (Å²) in [6, 6.07) is 15.7. The van der Waals surface area contributed by atoms with Gasteiger partial charge >= 0.3 is 6.01 Å². The molecule has 41 heavy (non-hydrogen) atoms. The lowest BCUT2D eigenvalue weighted by atomic mass is 9.88. The maximum atomic E-state index is 12.5. The third kappa shape index (κ3) is 5.32. The van der Waals surface area contributed by atoms with Gasteiger partial charge in [0.1, 0.15) is 18.0 Å². The van der Waals surface area contributed by atoms with Crippen molar-refractivity contribution in [1.29, 1.82) is 0 Å². The van der Waals surface area contributed by atoms with Crippen LogP contribution >= 0.6 is 0 Å². The Bertz CT molecular complexity index is 1490. The molecule has 0 spiro atoms. The smallest absolute Gasteiger partial charge is 0.318 e. The van der Waals surface area contributed by atoms with Crippen LogP contribution in [-0.4, -0.2) is 90.7 Å². The first-order chi connectivity index (χ1) is 19.9. The van der Waals surface area contributed by atoms with Crippen molar-refractivity contribution in [2.75, 3.05) is 56.6 Å². The molecule has 3 aliphatic rings. The molecule has 1 aliphatic carbocycles. The van der Waals surface area contributed by atoms with Crippen LogP contribution in [0.3, 0.4) is 0 Å². The van der Waals surface area contributed by atoms with Crippen molar-refractivity contribution in [2.24, 2.45) is 0 Å². The Balaban J connectivity index is 1.32. The number of fused-ring (bicyclic) bond motifs is 2. The highest BCUT2D eigenvalue weighted by Crippen LogP contribution is 2.36. The predicted molar refractivity (Wildman–Crippen MR) is 161 cm³/mol. The molecule has 1 atom stereocenters. The molecule has 3 heterocycles. The molecule has 9 nitrogen and oxygen atoms in total. The predicted octanol–water partition coefficient (Wildman–Crippen LogP) is 3.79. The molecule has 3 aromatic rings. The van der Waals surface area contributed by atoms with E-state index in [2.05, 4.69) is 82.7 Å². The summed E-state index contributed by atoms with van der Waals surface area (Å²) in [7, 11) is 4.21. The molecule has 0 radical (unpaired) electrons. The molecule has 1 saturated heterocycles. The van der Waals surface area contributed by atoms with Gasteiger partial charge in [-0.15, -0.1) is 0 Å². The third-order valence-corrected chi connectivity index (χ3v) is 8.74. The third-order valence-electron chi connectivity index (χ3n) is 8.74. The van der Waals surface area contributed by atoms with Crippen molar-refractivity contribution in [3.8, 4) is 6.01 Å². The molecule has 0 bridgehead atoms. The van der Waals surface area contributed by atoms with Crippen molar-refractivity contribution >= 4 is 28.2 Å². The minimum atomic E-state index is -0.218. The Morgan fingerprint density at radius 3 is 2.71 bits per heavy atom. The first-order valence-corrected chi connectivity index (χ1v) is 14.4. The van der Waals surface area contributed by atoms with Gasteiger partial charge in [0.2, 0.25) is 12.5 Å². The highest BCUT2D eigenvalue weighted by atomic mass is 16.5. The van der Waals surface area contributed by atoms with E-state index in [0.29, 0.717) is 38.2 Å². The maximum absolute atomic E-state index is 12.5. The van der Waals surface area contributed by atoms with E-state index in [0.717, 1.165) is 42.9 Å². The van der Waals surface area contributed by atoms with Crippen LogP contribution in [0.25, 0.3) is 15.6 Å². The monoisotopic (exact) mass is 551 g/mol. The number of piperazine rings is 1. The number of hydrogen-bond donors (Lipinski definition) is 0. The van der Waals surface area contributed by atoms with Crippen LogP contribution in [0.15, 0.2) is 55.1 Å². The molecule has 9 heteroatoms. The molecule has 1 amide bonds. The van der Waals surface area contributed by atoms with E-state index in [1.54, 1.807) is 4.90 Å². The van der Waals surface area contributed by atoms with Crippen molar-refractivity contribution in [1.82, 2.24) is 19.8 Å². The van der Waals surface area contributed by atoms with Crippen LogP contribution in [0.2, 0.25) is 0 Å². The van der Waals surface area contributed by atoms with E-state index >= 15 is 0 Å². The van der Waals surface area contributed by atoms with Gasteiger partial charge in [0.25, 0.3) is 0 Å². The lowest BCUT2D eigenvalue weighted by Crippen LogP contribution is -2.56. The lowest BCUT2D eigenvalue weighted by molar-refractivity contribution is -0.128. The van der Waals surface area contributed by atoms with Crippen LogP contribution in [0.1, 0.15) is 24.1 Å². The van der Waals surface area contributed by atoms with Crippen LogP contribution < -0.4 is 14.5 Å². The van der Waals surface area contributed by atoms with E-state index in [-0.39, 0.29) is 24.6 Å². The second-order valence-corrected chi connectivity index (χ2v) is 11.4. The Kier molecular flexibility index (Phi) is 7.50. The molecule has 0 N–H and O–H groups in total. The quantitative estimate of drug-likeness (QED) is 0.327. The summed E-state index contributed by atoms with van der Waals surface area (Å²) >= 11 is 0. The van der Waals surface area contributed by atoms with Crippen LogP contribution in [0.5, 0.6) is 6.01 Å². The van der Waals surface area contributed by atoms with Gasteiger partial charge in [0.05, 0.1) is 12.2 Å². The maximum Gasteiger partial charge on any atom is 0.318 e. The van der Waals surface area contributed by atoms with E-state index in [1.807, 2.05) is 0 Å². The Morgan fingerprint density at radius 1 is 1.12 bits per heavy atom. The van der Waals surface area contributed by atoms with Crippen LogP contribution in [-0.2, 0) is 17.8 Å². The van der Waals surface area contributed by atoms with E-state index in [4.69, 9.17) is 21.3 Å². The van der Waals surface area contributed by atoms with Gasteiger partial charge in [-0.2, -0.15) is 9.97 Å². The number of anilines is 2. The number of carbonyl (C=O) groups is 1. The second-order valence-electron chi connectivity index (χ2n) is 11.4. The zero-order valence-corrected chi connectivity index (χ0v) is 23.9. The summed E-state index contributed by atoms with van der Waals surface area (Å²) in [6.45, 7) is 14.6. The van der Waals surface area contributed by atoms with Gasteiger partial charge < -0.3 is 29.2 Å². The zero-order chi connectivity index (χ0) is 28.5. The fourth-order valence-corrected chi connectivity index (χ4v) is 6.31. The van der Waals surface area contributed by atoms with Crippen molar-refractivity contribution in [3.05, 3.63) is 77.8 Å². The average Bonchev–Trinajstić information content (AvgIpc) is 2.97. The lowest BCUT2D eigenvalue weighted by Gasteiger charge is -2.41. The van der Waals surface area contributed by atoms with Crippen LogP contribution in [0.4, 0.5) is 11.5 Å². The van der Waals surface area contributed by atoms with Gasteiger partial charge in [0, 0.05) is 61.7 Å². The summed E-state index contributed by atoms with van der Waals surface area (Å²) < 4.78 is 6.37. The van der Waals surface area contributed by atoms with Gasteiger partial charge in [0.15, 0.2) is 0 Å². The summed E-state index contributed by atoms with van der Waals surface area (Å²) in [5.41, 5.74) is 3.33. The van der Waals surface area contributed by atoms with E-state index < -0.39 is 0 Å². The Morgan fingerprint density at radius 2 is 1.93 bits per heavy atom. The number of rotatable bonds is 7. The molecule has 2 aliphatic heterocycles. The van der Waals surface area contributed by atoms with Crippen molar-refractivity contribution in [2.45, 2.75) is 44.0 Å².